The predicted octanol–water partition coefficient (Wildman–Crippen LogP) is 1.64. The summed E-state index contributed by atoms with van der Waals surface area (Å²) in [7, 11) is 0. The lowest BCUT2D eigenvalue weighted by atomic mass is 10.1. The van der Waals surface area contributed by atoms with Crippen LogP contribution in [0.25, 0.3) is 0 Å². The number of amides is 1. The van der Waals surface area contributed by atoms with E-state index < -0.39 is 6.10 Å². The predicted molar refractivity (Wildman–Crippen MR) is 88.7 cm³/mol. The Morgan fingerprint density at radius 2 is 2.21 bits per heavy atom. The smallest absolute Gasteiger partial charge is 0.251 e. The standard InChI is InChI=1S/C17H28N4O3/c1-12(24-11-16-7-5-9-23-16)17(22)20-8-4-6-15(10-20)21-14(3)18-13(2)19-21/h12,15-16H,4-11H2,1-3H3/t12-,15+,16+/m0/s1. The lowest BCUT2D eigenvalue weighted by molar-refractivity contribution is -0.146. The highest BCUT2D eigenvalue weighted by Gasteiger charge is 2.30. The number of likely N-dealkylation sites (tertiary alicyclic amines) is 1. The third kappa shape index (κ3) is 3.95. The minimum atomic E-state index is -0.425. The lowest BCUT2D eigenvalue weighted by Crippen LogP contribution is -2.46. The molecule has 2 fully saturated rings. The van der Waals surface area contributed by atoms with Gasteiger partial charge in [-0.1, -0.05) is 0 Å². The largest absolute Gasteiger partial charge is 0.376 e. The van der Waals surface area contributed by atoms with Gasteiger partial charge in [-0.05, 0) is 46.5 Å². The van der Waals surface area contributed by atoms with Crippen molar-refractivity contribution in [1.82, 2.24) is 19.7 Å². The molecule has 3 heterocycles. The van der Waals surface area contributed by atoms with Crippen molar-refractivity contribution in [3.8, 4) is 0 Å². The number of ether oxygens (including phenoxy) is 2. The zero-order valence-electron chi connectivity index (χ0n) is 14.9. The molecule has 0 N–H and O–H groups in total. The van der Waals surface area contributed by atoms with E-state index in [0.717, 1.165) is 50.5 Å². The number of aryl methyl sites for hydroxylation is 2. The van der Waals surface area contributed by atoms with E-state index in [1.165, 1.54) is 0 Å². The van der Waals surface area contributed by atoms with Crippen LogP contribution >= 0.6 is 0 Å². The first-order valence-electron chi connectivity index (χ1n) is 8.96. The number of nitrogens with zero attached hydrogens (tertiary/aromatic N) is 4. The fourth-order valence-corrected chi connectivity index (χ4v) is 3.59. The summed E-state index contributed by atoms with van der Waals surface area (Å²) in [6, 6.07) is 0.203. The molecule has 1 amide bonds. The quantitative estimate of drug-likeness (QED) is 0.818. The molecule has 3 rings (SSSR count). The maximum absolute atomic E-state index is 12.7. The van der Waals surface area contributed by atoms with Crippen molar-refractivity contribution in [2.75, 3.05) is 26.3 Å². The molecule has 0 unspecified atom stereocenters. The van der Waals surface area contributed by atoms with Crippen molar-refractivity contribution >= 4 is 5.91 Å². The highest BCUT2D eigenvalue weighted by atomic mass is 16.5. The Morgan fingerprint density at radius 3 is 2.88 bits per heavy atom. The Balaban J connectivity index is 1.55. The van der Waals surface area contributed by atoms with Crippen LogP contribution in [-0.2, 0) is 14.3 Å². The average Bonchev–Trinajstić information content (AvgIpc) is 3.21. The van der Waals surface area contributed by atoms with E-state index in [4.69, 9.17) is 9.47 Å². The van der Waals surface area contributed by atoms with Crippen LogP contribution in [0.15, 0.2) is 0 Å². The molecule has 2 aliphatic rings. The molecule has 7 nitrogen and oxygen atoms in total. The Morgan fingerprint density at radius 1 is 1.38 bits per heavy atom. The summed E-state index contributed by atoms with van der Waals surface area (Å²) in [4.78, 5) is 19.0. The summed E-state index contributed by atoms with van der Waals surface area (Å²) in [5, 5.41) is 4.48. The highest BCUT2D eigenvalue weighted by molar-refractivity contribution is 5.80. The SMILES string of the molecule is Cc1nc(C)n([C@@H]2CCCN(C(=O)[C@H](C)OC[C@H]3CCCO3)C2)n1. The van der Waals surface area contributed by atoms with Gasteiger partial charge in [0.25, 0.3) is 5.91 Å². The molecule has 1 aromatic rings. The van der Waals surface area contributed by atoms with E-state index in [1.807, 2.05) is 30.4 Å². The van der Waals surface area contributed by atoms with Gasteiger partial charge in [0.05, 0.1) is 18.8 Å². The Kier molecular flexibility index (Phi) is 5.50. The van der Waals surface area contributed by atoms with E-state index in [9.17, 15) is 4.79 Å². The summed E-state index contributed by atoms with van der Waals surface area (Å²) < 4.78 is 13.3. The molecule has 0 aliphatic carbocycles. The van der Waals surface area contributed by atoms with E-state index in [1.54, 1.807) is 0 Å². The van der Waals surface area contributed by atoms with Gasteiger partial charge in [0.2, 0.25) is 0 Å². The van der Waals surface area contributed by atoms with Crippen LogP contribution in [0.1, 0.15) is 50.3 Å². The molecule has 3 atom stereocenters. The number of hydrogen-bond donors (Lipinski definition) is 0. The van der Waals surface area contributed by atoms with Crippen molar-refractivity contribution in [3.05, 3.63) is 11.6 Å². The number of carbonyl (C=O) groups is 1. The Hall–Kier alpha value is -1.47. The van der Waals surface area contributed by atoms with Crippen LogP contribution in [0.4, 0.5) is 0 Å². The topological polar surface area (TPSA) is 69.5 Å². The molecule has 7 heteroatoms. The normalized spacial score (nSPS) is 25.9. The van der Waals surface area contributed by atoms with Crippen molar-refractivity contribution < 1.29 is 14.3 Å². The summed E-state index contributed by atoms with van der Waals surface area (Å²) in [5.74, 6) is 1.76. The second kappa shape index (κ2) is 7.61. The Labute approximate surface area is 143 Å². The monoisotopic (exact) mass is 336 g/mol. The number of hydrogen-bond acceptors (Lipinski definition) is 5. The molecular weight excluding hydrogens is 308 g/mol. The molecule has 1 aromatic heterocycles. The molecule has 2 aliphatic heterocycles. The van der Waals surface area contributed by atoms with Gasteiger partial charge in [-0.25, -0.2) is 9.67 Å². The highest BCUT2D eigenvalue weighted by Crippen LogP contribution is 2.23. The van der Waals surface area contributed by atoms with E-state index in [2.05, 4.69) is 10.1 Å². The van der Waals surface area contributed by atoms with Gasteiger partial charge in [-0.3, -0.25) is 4.79 Å². The summed E-state index contributed by atoms with van der Waals surface area (Å²) in [6.45, 7) is 8.48. The van der Waals surface area contributed by atoms with Crippen molar-refractivity contribution in [2.45, 2.75) is 64.7 Å². The molecule has 24 heavy (non-hydrogen) atoms. The molecule has 0 aromatic carbocycles. The van der Waals surface area contributed by atoms with E-state index >= 15 is 0 Å². The number of rotatable bonds is 5. The van der Waals surface area contributed by atoms with Crippen LogP contribution in [0, 0.1) is 13.8 Å². The maximum atomic E-state index is 12.7. The minimum Gasteiger partial charge on any atom is -0.376 e. The lowest BCUT2D eigenvalue weighted by Gasteiger charge is -2.34. The molecule has 0 radical (unpaired) electrons. The van der Waals surface area contributed by atoms with Gasteiger partial charge in [-0.15, -0.1) is 0 Å². The van der Waals surface area contributed by atoms with Crippen LogP contribution in [0.5, 0.6) is 0 Å². The third-order valence-corrected chi connectivity index (χ3v) is 4.87. The fourth-order valence-electron chi connectivity index (χ4n) is 3.59. The van der Waals surface area contributed by atoms with Gasteiger partial charge < -0.3 is 14.4 Å². The van der Waals surface area contributed by atoms with Crippen molar-refractivity contribution in [1.29, 1.82) is 0 Å². The number of carbonyl (C=O) groups excluding carboxylic acids is 1. The molecular formula is C17H28N4O3. The second-order valence-electron chi connectivity index (χ2n) is 6.84. The molecule has 134 valence electrons. The van der Waals surface area contributed by atoms with Crippen LogP contribution in [-0.4, -0.2) is 64.1 Å². The zero-order chi connectivity index (χ0) is 17.1. The van der Waals surface area contributed by atoms with Gasteiger partial charge >= 0.3 is 0 Å². The van der Waals surface area contributed by atoms with Gasteiger partial charge in [-0.2, -0.15) is 5.10 Å². The first-order chi connectivity index (χ1) is 11.5. The second-order valence-corrected chi connectivity index (χ2v) is 6.84. The minimum absolute atomic E-state index is 0.0622. The van der Waals surface area contributed by atoms with E-state index in [-0.39, 0.29) is 18.1 Å². The average molecular weight is 336 g/mol. The van der Waals surface area contributed by atoms with Gasteiger partial charge in [0, 0.05) is 19.7 Å². The van der Waals surface area contributed by atoms with Crippen molar-refractivity contribution in [2.24, 2.45) is 0 Å². The zero-order valence-corrected chi connectivity index (χ0v) is 14.9. The van der Waals surface area contributed by atoms with Gasteiger partial charge in [0.1, 0.15) is 17.8 Å². The number of piperidine rings is 1. The molecule has 0 spiro atoms. The Bertz CT molecular complexity index is 568. The summed E-state index contributed by atoms with van der Waals surface area (Å²) in [5.41, 5.74) is 0. The first-order valence-corrected chi connectivity index (χ1v) is 8.96. The molecule has 0 bridgehead atoms. The molecule has 0 saturated carbocycles. The van der Waals surface area contributed by atoms with Crippen LogP contribution in [0.3, 0.4) is 0 Å². The van der Waals surface area contributed by atoms with Crippen molar-refractivity contribution in [3.63, 3.8) is 0 Å². The number of aromatic nitrogens is 3. The molecule has 2 saturated heterocycles. The maximum Gasteiger partial charge on any atom is 0.251 e. The third-order valence-electron chi connectivity index (χ3n) is 4.87. The van der Waals surface area contributed by atoms with Gasteiger partial charge in [0.15, 0.2) is 0 Å². The summed E-state index contributed by atoms with van der Waals surface area (Å²) in [6.07, 6.45) is 3.84. The van der Waals surface area contributed by atoms with Crippen LogP contribution < -0.4 is 0 Å². The fraction of sp³-hybridized carbons (Fsp3) is 0.824. The summed E-state index contributed by atoms with van der Waals surface area (Å²) >= 11 is 0. The first kappa shape index (κ1) is 17.4. The van der Waals surface area contributed by atoms with Crippen LogP contribution in [0.2, 0.25) is 0 Å². The van der Waals surface area contributed by atoms with E-state index in [0.29, 0.717) is 13.2 Å².